The molecular formula is C25H35N5O4. The van der Waals surface area contributed by atoms with Gasteiger partial charge in [0.05, 0.1) is 19.8 Å². The fourth-order valence-electron chi connectivity index (χ4n) is 3.35. The average Bonchev–Trinajstić information content (AvgIpc) is 3.11. The smallest absolute Gasteiger partial charge is 0.242 e. The van der Waals surface area contributed by atoms with Gasteiger partial charge in [0.15, 0.2) is 11.4 Å². The van der Waals surface area contributed by atoms with Gasteiger partial charge in [-0.25, -0.2) is 4.68 Å². The van der Waals surface area contributed by atoms with E-state index in [0.717, 1.165) is 19.3 Å². The molecule has 2 aromatic heterocycles. The van der Waals surface area contributed by atoms with Crippen molar-refractivity contribution >= 4 is 11.4 Å². The summed E-state index contributed by atoms with van der Waals surface area (Å²) in [7, 11) is 1.55. The molecule has 1 aromatic carbocycles. The van der Waals surface area contributed by atoms with Gasteiger partial charge in [0.25, 0.3) is 0 Å². The van der Waals surface area contributed by atoms with E-state index in [1.165, 1.54) is 9.20 Å². The van der Waals surface area contributed by atoms with Crippen molar-refractivity contribution < 1.29 is 19.0 Å². The highest BCUT2D eigenvalue weighted by atomic mass is 16.5. The molecule has 0 saturated carbocycles. The molecule has 0 radical (unpaired) electrons. The molecule has 184 valence electrons. The second-order valence-electron chi connectivity index (χ2n) is 9.46. The van der Waals surface area contributed by atoms with Crippen LogP contribution in [0.1, 0.15) is 64.2 Å². The number of carbonyl (C=O) groups excluding carboxylic acids is 1. The minimum atomic E-state index is -0.213. The van der Waals surface area contributed by atoms with Crippen LogP contribution >= 0.6 is 0 Å². The number of nitrogens with zero attached hydrogens (tertiary/aromatic N) is 4. The predicted molar refractivity (Wildman–Crippen MR) is 129 cm³/mol. The van der Waals surface area contributed by atoms with Gasteiger partial charge in [-0.15, -0.1) is 10.2 Å². The number of rotatable bonds is 11. The Hall–Kier alpha value is -3.36. The molecule has 0 aliphatic rings. The molecule has 0 bridgehead atoms. The Morgan fingerprint density at radius 2 is 1.79 bits per heavy atom. The topological polar surface area (TPSA) is 104 Å². The van der Waals surface area contributed by atoms with Crippen molar-refractivity contribution in [2.75, 3.05) is 13.7 Å². The van der Waals surface area contributed by atoms with Gasteiger partial charge < -0.3 is 14.2 Å². The van der Waals surface area contributed by atoms with Gasteiger partial charge in [-0.2, -0.15) is 4.52 Å². The molecule has 3 aromatic rings. The Morgan fingerprint density at radius 3 is 2.44 bits per heavy atom. The number of fused-ring (bicyclic) bond motifs is 1. The summed E-state index contributed by atoms with van der Waals surface area (Å²) in [6, 6.07) is 8.59. The molecule has 0 unspecified atom stereocenters. The number of hydrogen-bond acceptors (Lipinski definition) is 7. The number of hydrogen-bond donors (Lipinski definition) is 1. The maximum absolute atomic E-state index is 13.1. The Labute approximate surface area is 200 Å². The van der Waals surface area contributed by atoms with Crippen LogP contribution in [0.25, 0.3) is 5.65 Å². The molecule has 0 saturated heterocycles. The third-order valence-corrected chi connectivity index (χ3v) is 5.51. The summed E-state index contributed by atoms with van der Waals surface area (Å²) < 4.78 is 19.8. The lowest BCUT2D eigenvalue weighted by Gasteiger charge is -2.18. The van der Waals surface area contributed by atoms with E-state index in [9.17, 15) is 4.79 Å². The molecule has 9 nitrogen and oxygen atoms in total. The molecule has 1 N–H and O–H groups in total. The van der Waals surface area contributed by atoms with Crippen molar-refractivity contribution in [1.82, 2.24) is 19.4 Å². The highest BCUT2D eigenvalue weighted by Gasteiger charge is 2.16. The van der Waals surface area contributed by atoms with Gasteiger partial charge in [-0.1, -0.05) is 34.6 Å². The normalized spacial score (nSPS) is 11.7. The lowest BCUT2D eigenvalue weighted by atomic mass is 9.93. The minimum Gasteiger partial charge on any atom is -0.497 e. The molecule has 9 heteroatoms. The number of aromatic nitrogens is 4. The third-order valence-electron chi connectivity index (χ3n) is 5.51. The number of nitrogens with one attached hydrogen (secondary N) is 1. The molecular weight excluding hydrogens is 434 g/mol. The second-order valence-corrected chi connectivity index (χ2v) is 9.46. The van der Waals surface area contributed by atoms with E-state index in [4.69, 9.17) is 19.6 Å². The molecule has 0 aliphatic carbocycles. The van der Waals surface area contributed by atoms with E-state index < -0.39 is 0 Å². The fourth-order valence-corrected chi connectivity index (χ4v) is 3.35. The summed E-state index contributed by atoms with van der Waals surface area (Å²) in [5.41, 5.74) is 1.03. The Balaban J connectivity index is 1.80. The van der Waals surface area contributed by atoms with Crippen molar-refractivity contribution in [1.29, 1.82) is 5.41 Å². The first-order chi connectivity index (χ1) is 16.1. The summed E-state index contributed by atoms with van der Waals surface area (Å²) in [5.74, 6) is 1.32. The maximum Gasteiger partial charge on any atom is 0.242 e. The first-order valence-corrected chi connectivity index (χ1v) is 11.7. The van der Waals surface area contributed by atoms with Crippen LogP contribution in [0.2, 0.25) is 0 Å². The largest absolute Gasteiger partial charge is 0.497 e. The van der Waals surface area contributed by atoms with Crippen LogP contribution in [0.3, 0.4) is 0 Å². The maximum atomic E-state index is 13.1. The lowest BCUT2D eigenvalue weighted by molar-refractivity contribution is 0.0964. The first kappa shape index (κ1) is 25.3. The van der Waals surface area contributed by atoms with Crippen molar-refractivity contribution in [3.8, 4) is 17.4 Å². The average molecular weight is 470 g/mol. The standard InChI is InChI=1S/C25H35N5O4/c1-7-18(8-2)34-23-10-9-22-27-29(24(26)30(22)28-23)16-21(31)17-13-19(32-6)15-20(14-17)33-12-11-25(3,4)5/h9-10,13-15,18,26H,7-8,11-12,16H2,1-6H3. The Morgan fingerprint density at radius 1 is 1.09 bits per heavy atom. The predicted octanol–water partition coefficient (Wildman–Crippen LogP) is 4.28. The summed E-state index contributed by atoms with van der Waals surface area (Å²) in [6.07, 6.45) is 2.67. The van der Waals surface area contributed by atoms with Crippen molar-refractivity contribution in [2.24, 2.45) is 5.41 Å². The Bertz CT molecular complexity index is 1190. The fraction of sp³-hybridized carbons (Fsp3) is 0.520. The SMILES string of the molecule is CCC(CC)Oc1ccc2nn(CC(=O)c3cc(OC)cc(OCCC(C)(C)C)c3)c(=N)n2n1. The van der Waals surface area contributed by atoms with Crippen LogP contribution in [0.5, 0.6) is 17.4 Å². The molecule has 2 heterocycles. The van der Waals surface area contributed by atoms with E-state index >= 15 is 0 Å². The van der Waals surface area contributed by atoms with E-state index in [1.54, 1.807) is 37.4 Å². The van der Waals surface area contributed by atoms with E-state index in [0.29, 0.717) is 35.2 Å². The van der Waals surface area contributed by atoms with Crippen molar-refractivity contribution in [3.05, 3.63) is 41.5 Å². The summed E-state index contributed by atoms with van der Waals surface area (Å²) in [4.78, 5) is 13.1. The molecule has 0 spiro atoms. The summed E-state index contributed by atoms with van der Waals surface area (Å²) in [6.45, 7) is 11.0. The zero-order valence-electron chi connectivity index (χ0n) is 20.9. The van der Waals surface area contributed by atoms with Crippen LogP contribution in [0.15, 0.2) is 30.3 Å². The molecule has 0 amide bonds. The van der Waals surface area contributed by atoms with Gasteiger partial charge in [-0.3, -0.25) is 10.2 Å². The summed E-state index contributed by atoms with van der Waals surface area (Å²) >= 11 is 0. The second kappa shape index (κ2) is 10.7. The monoisotopic (exact) mass is 469 g/mol. The number of ether oxygens (including phenoxy) is 3. The van der Waals surface area contributed by atoms with E-state index in [-0.39, 0.29) is 29.5 Å². The molecule has 3 rings (SSSR count). The van der Waals surface area contributed by atoms with Crippen LogP contribution in [-0.2, 0) is 6.54 Å². The van der Waals surface area contributed by atoms with Gasteiger partial charge in [-0.05, 0) is 42.9 Å². The van der Waals surface area contributed by atoms with E-state index in [2.05, 4.69) is 44.8 Å². The number of methoxy groups -OCH3 is 1. The first-order valence-electron chi connectivity index (χ1n) is 11.7. The van der Waals surface area contributed by atoms with Gasteiger partial charge >= 0.3 is 0 Å². The van der Waals surface area contributed by atoms with Crippen molar-refractivity contribution in [3.63, 3.8) is 0 Å². The highest BCUT2D eigenvalue weighted by molar-refractivity contribution is 5.96. The number of ketones is 1. The third kappa shape index (κ3) is 6.36. The number of Topliss-reactive ketones (excluding diaryl/α,β-unsaturated/α-hetero) is 1. The molecule has 0 fully saturated rings. The van der Waals surface area contributed by atoms with Gasteiger partial charge in [0.1, 0.15) is 18.0 Å². The van der Waals surface area contributed by atoms with Crippen molar-refractivity contribution in [2.45, 2.75) is 66.5 Å². The molecule has 34 heavy (non-hydrogen) atoms. The zero-order valence-corrected chi connectivity index (χ0v) is 20.9. The zero-order chi connectivity index (χ0) is 24.9. The van der Waals surface area contributed by atoms with Crippen LogP contribution < -0.4 is 19.8 Å². The summed E-state index contributed by atoms with van der Waals surface area (Å²) in [5, 5.41) is 17.2. The molecule has 0 aliphatic heterocycles. The highest BCUT2D eigenvalue weighted by Crippen LogP contribution is 2.25. The number of benzene rings is 1. The van der Waals surface area contributed by atoms with Crippen LogP contribution in [0, 0.1) is 10.8 Å². The van der Waals surface area contributed by atoms with Crippen LogP contribution in [-0.4, -0.2) is 45.0 Å². The van der Waals surface area contributed by atoms with Gasteiger partial charge in [0, 0.05) is 17.7 Å². The van der Waals surface area contributed by atoms with E-state index in [1.807, 2.05) is 0 Å². The molecule has 0 atom stereocenters. The van der Waals surface area contributed by atoms with Crippen LogP contribution in [0.4, 0.5) is 0 Å². The quantitative estimate of drug-likeness (QED) is 0.420. The number of carbonyl (C=O) groups is 1. The van der Waals surface area contributed by atoms with Gasteiger partial charge in [0.2, 0.25) is 11.5 Å². The lowest BCUT2D eigenvalue weighted by Crippen LogP contribution is -2.26. The Kier molecular flexibility index (Phi) is 7.96. The minimum absolute atomic E-state index is 0.0112.